The molecule has 1 aliphatic rings. The monoisotopic (exact) mass is 194 g/mol. The van der Waals surface area contributed by atoms with Gasteiger partial charge in [0.05, 0.1) is 24.2 Å². The molecule has 1 aromatic heterocycles. The minimum absolute atomic E-state index is 0.233. The number of hydrogen-bond donors (Lipinski definition) is 1. The molecular formula is C10H14N2O2. The van der Waals surface area contributed by atoms with E-state index in [1.165, 1.54) is 0 Å². The Hall–Kier alpha value is -1.29. The van der Waals surface area contributed by atoms with Gasteiger partial charge in [0, 0.05) is 12.7 Å². The zero-order valence-corrected chi connectivity index (χ0v) is 7.98. The highest BCUT2D eigenvalue weighted by atomic mass is 16.5. The van der Waals surface area contributed by atoms with Crippen LogP contribution in [0.15, 0.2) is 18.5 Å². The highest BCUT2D eigenvalue weighted by Crippen LogP contribution is 2.16. The van der Waals surface area contributed by atoms with Crippen LogP contribution in [0, 0.1) is 0 Å². The Balaban J connectivity index is 1.85. The molecule has 76 valence electrons. The van der Waals surface area contributed by atoms with E-state index >= 15 is 0 Å². The summed E-state index contributed by atoms with van der Waals surface area (Å²) in [5.41, 5.74) is 6.19. The lowest BCUT2D eigenvalue weighted by molar-refractivity contribution is 0.0678. The molecule has 2 N–H and O–H groups in total. The van der Waals surface area contributed by atoms with Gasteiger partial charge in [-0.1, -0.05) is 0 Å². The second-order valence-corrected chi connectivity index (χ2v) is 3.40. The molecule has 2 heterocycles. The first-order valence-electron chi connectivity index (χ1n) is 4.79. The van der Waals surface area contributed by atoms with Gasteiger partial charge in [0.15, 0.2) is 0 Å². The normalized spacial score (nSPS) is 21.0. The Morgan fingerprint density at radius 3 is 3.21 bits per heavy atom. The van der Waals surface area contributed by atoms with E-state index in [4.69, 9.17) is 15.2 Å². The molecule has 0 saturated carbocycles. The van der Waals surface area contributed by atoms with Gasteiger partial charge in [0.25, 0.3) is 0 Å². The molecule has 0 radical (unpaired) electrons. The Kier molecular flexibility index (Phi) is 2.84. The first-order chi connectivity index (χ1) is 6.84. The van der Waals surface area contributed by atoms with Gasteiger partial charge in [-0.3, -0.25) is 4.98 Å². The van der Waals surface area contributed by atoms with Crippen LogP contribution in [-0.2, 0) is 4.74 Å². The van der Waals surface area contributed by atoms with Crippen LogP contribution in [0.4, 0.5) is 5.69 Å². The molecule has 0 amide bonds. The Morgan fingerprint density at radius 1 is 1.57 bits per heavy atom. The average molecular weight is 194 g/mol. The molecule has 1 saturated heterocycles. The maximum atomic E-state index is 5.57. The van der Waals surface area contributed by atoms with Crippen LogP contribution in [0.1, 0.15) is 12.8 Å². The molecule has 1 fully saturated rings. The minimum Gasteiger partial charge on any atom is -0.489 e. The third-order valence-corrected chi connectivity index (χ3v) is 2.19. The first-order valence-corrected chi connectivity index (χ1v) is 4.79. The lowest BCUT2D eigenvalue weighted by Crippen LogP contribution is -2.16. The molecule has 1 aliphatic heterocycles. The standard InChI is InChI=1S/C10H14N2O2/c11-8-4-10(6-12-5-8)14-7-9-2-1-3-13-9/h4-6,9H,1-3,7,11H2/t9-/m0/s1. The molecule has 14 heavy (non-hydrogen) atoms. The van der Waals surface area contributed by atoms with Gasteiger partial charge in [0.2, 0.25) is 0 Å². The van der Waals surface area contributed by atoms with Crippen molar-refractivity contribution in [3.63, 3.8) is 0 Å². The molecule has 0 aliphatic carbocycles. The topological polar surface area (TPSA) is 57.4 Å². The van der Waals surface area contributed by atoms with Gasteiger partial charge in [-0.15, -0.1) is 0 Å². The minimum atomic E-state index is 0.233. The summed E-state index contributed by atoms with van der Waals surface area (Å²) < 4.78 is 10.9. The van der Waals surface area contributed by atoms with E-state index in [1.807, 2.05) is 0 Å². The maximum Gasteiger partial charge on any atom is 0.139 e. The molecular weight excluding hydrogens is 180 g/mol. The second-order valence-electron chi connectivity index (χ2n) is 3.40. The van der Waals surface area contributed by atoms with Crippen LogP contribution in [-0.4, -0.2) is 24.3 Å². The Bertz CT molecular complexity index is 298. The summed E-state index contributed by atoms with van der Waals surface area (Å²) >= 11 is 0. The molecule has 0 unspecified atom stereocenters. The fourth-order valence-corrected chi connectivity index (χ4v) is 1.48. The SMILES string of the molecule is Nc1cncc(OC[C@@H]2CCCO2)c1. The lowest BCUT2D eigenvalue weighted by Gasteiger charge is -2.10. The quantitative estimate of drug-likeness (QED) is 0.786. The summed E-state index contributed by atoms with van der Waals surface area (Å²) in [6.45, 7) is 1.44. The van der Waals surface area contributed by atoms with Crippen molar-refractivity contribution in [3.8, 4) is 5.75 Å². The van der Waals surface area contributed by atoms with Crippen LogP contribution in [0.3, 0.4) is 0 Å². The predicted octanol–water partition coefficient (Wildman–Crippen LogP) is 1.22. The number of rotatable bonds is 3. The molecule has 4 heteroatoms. The Labute approximate surface area is 83.0 Å². The predicted molar refractivity (Wildman–Crippen MR) is 53.1 cm³/mol. The average Bonchev–Trinajstić information content (AvgIpc) is 2.67. The number of nitrogens with two attached hydrogens (primary N) is 1. The number of aromatic nitrogens is 1. The van der Waals surface area contributed by atoms with E-state index < -0.39 is 0 Å². The highest BCUT2D eigenvalue weighted by molar-refractivity contribution is 5.39. The van der Waals surface area contributed by atoms with E-state index in [9.17, 15) is 0 Å². The summed E-state index contributed by atoms with van der Waals surface area (Å²) in [4.78, 5) is 3.94. The van der Waals surface area contributed by atoms with Crippen molar-refractivity contribution in [2.75, 3.05) is 18.9 Å². The zero-order valence-electron chi connectivity index (χ0n) is 7.98. The number of nitrogen functional groups attached to an aromatic ring is 1. The highest BCUT2D eigenvalue weighted by Gasteiger charge is 2.15. The molecule has 1 atom stereocenters. The number of pyridine rings is 1. The summed E-state index contributed by atoms with van der Waals surface area (Å²) in [6, 6.07) is 1.77. The van der Waals surface area contributed by atoms with Gasteiger partial charge < -0.3 is 15.2 Å². The van der Waals surface area contributed by atoms with Crippen molar-refractivity contribution in [1.82, 2.24) is 4.98 Å². The lowest BCUT2D eigenvalue weighted by atomic mass is 10.2. The van der Waals surface area contributed by atoms with Crippen LogP contribution in [0.5, 0.6) is 5.75 Å². The van der Waals surface area contributed by atoms with Crippen LogP contribution in [0.25, 0.3) is 0 Å². The molecule has 0 aromatic carbocycles. The van der Waals surface area contributed by atoms with Gasteiger partial charge in [-0.2, -0.15) is 0 Å². The third kappa shape index (κ3) is 2.35. The van der Waals surface area contributed by atoms with E-state index in [0.29, 0.717) is 18.0 Å². The van der Waals surface area contributed by atoms with Gasteiger partial charge in [-0.05, 0) is 12.8 Å². The number of nitrogens with zero attached hydrogens (tertiary/aromatic N) is 1. The van der Waals surface area contributed by atoms with Crippen molar-refractivity contribution < 1.29 is 9.47 Å². The summed E-state index contributed by atoms with van der Waals surface area (Å²) in [7, 11) is 0. The van der Waals surface area contributed by atoms with E-state index in [1.54, 1.807) is 18.5 Å². The van der Waals surface area contributed by atoms with Crippen molar-refractivity contribution >= 4 is 5.69 Å². The van der Waals surface area contributed by atoms with Crippen molar-refractivity contribution in [2.24, 2.45) is 0 Å². The van der Waals surface area contributed by atoms with Gasteiger partial charge in [0.1, 0.15) is 12.4 Å². The van der Waals surface area contributed by atoms with E-state index in [2.05, 4.69) is 4.98 Å². The van der Waals surface area contributed by atoms with Crippen molar-refractivity contribution in [2.45, 2.75) is 18.9 Å². The molecule has 4 nitrogen and oxygen atoms in total. The first kappa shape index (κ1) is 9.27. The number of hydrogen-bond acceptors (Lipinski definition) is 4. The molecule has 1 aromatic rings. The largest absolute Gasteiger partial charge is 0.489 e. The van der Waals surface area contributed by atoms with Crippen LogP contribution < -0.4 is 10.5 Å². The smallest absolute Gasteiger partial charge is 0.139 e. The molecule has 0 bridgehead atoms. The number of ether oxygens (including phenoxy) is 2. The van der Waals surface area contributed by atoms with Crippen molar-refractivity contribution in [3.05, 3.63) is 18.5 Å². The summed E-state index contributed by atoms with van der Waals surface area (Å²) in [5.74, 6) is 0.709. The van der Waals surface area contributed by atoms with E-state index in [-0.39, 0.29) is 6.10 Å². The molecule has 0 spiro atoms. The van der Waals surface area contributed by atoms with Crippen molar-refractivity contribution in [1.29, 1.82) is 0 Å². The summed E-state index contributed by atoms with van der Waals surface area (Å²) in [6.07, 6.45) is 5.69. The van der Waals surface area contributed by atoms with Crippen LogP contribution >= 0.6 is 0 Å². The fourth-order valence-electron chi connectivity index (χ4n) is 1.48. The fraction of sp³-hybridized carbons (Fsp3) is 0.500. The second kappa shape index (κ2) is 4.28. The van der Waals surface area contributed by atoms with Gasteiger partial charge in [-0.25, -0.2) is 0 Å². The van der Waals surface area contributed by atoms with E-state index in [0.717, 1.165) is 19.4 Å². The Morgan fingerprint density at radius 2 is 2.50 bits per heavy atom. The summed E-state index contributed by atoms with van der Waals surface area (Å²) in [5, 5.41) is 0. The molecule has 2 rings (SSSR count). The zero-order chi connectivity index (χ0) is 9.80. The van der Waals surface area contributed by atoms with Crippen LogP contribution in [0.2, 0.25) is 0 Å². The maximum absolute atomic E-state index is 5.57. The van der Waals surface area contributed by atoms with Gasteiger partial charge >= 0.3 is 0 Å². The number of anilines is 1. The third-order valence-electron chi connectivity index (χ3n) is 2.19.